The Morgan fingerprint density at radius 3 is 2.79 bits per heavy atom. The van der Waals surface area contributed by atoms with E-state index in [0.29, 0.717) is 35.0 Å². The van der Waals surface area contributed by atoms with Gasteiger partial charge in [0, 0.05) is 23.3 Å². The molecule has 7 heteroatoms. The molecule has 3 aromatic rings. The van der Waals surface area contributed by atoms with Crippen LogP contribution in [0.2, 0.25) is 5.02 Å². The lowest BCUT2D eigenvalue weighted by atomic mass is 9.99. The van der Waals surface area contributed by atoms with E-state index in [1.54, 1.807) is 35.6 Å². The maximum atomic E-state index is 13.4. The number of ether oxygens (including phenoxy) is 1. The summed E-state index contributed by atoms with van der Waals surface area (Å²) in [7, 11) is 1.54. The van der Waals surface area contributed by atoms with Gasteiger partial charge in [0.2, 0.25) is 0 Å². The Labute approximate surface area is 167 Å². The zero-order valence-corrected chi connectivity index (χ0v) is 15.9. The minimum atomic E-state index is -0.596. The number of carbonyl (C=O) groups is 1. The fraction of sp³-hybridized carbons (Fsp3) is 0.190. The lowest BCUT2D eigenvalue weighted by Gasteiger charge is -2.34. The van der Waals surface area contributed by atoms with E-state index < -0.39 is 6.04 Å². The molecule has 0 saturated carbocycles. The fourth-order valence-corrected chi connectivity index (χ4v) is 3.61. The summed E-state index contributed by atoms with van der Waals surface area (Å²) in [5.74, 6) is 0.453. The van der Waals surface area contributed by atoms with E-state index in [2.05, 4.69) is 11.1 Å². The van der Waals surface area contributed by atoms with Crippen molar-refractivity contribution in [3.8, 4) is 11.8 Å². The van der Waals surface area contributed by atoms with Gasteiger partial charge in [-0.15, -0.1) is 0 Å². The molecule has 0 aliphatic carbocycles. The van der Waals surface area contributed by atoms with Crippen LogP contribution in [0.15, 0.2) is 55.0 Å². The quantitative estimate of drug-likeness (QED) is 0.680. The van der Waals surface area contributed by atoms with E-state index in [-0.39, 0.29) is 5.91 Å². The van der Waals surface area contributed by atoms with Gasteiger partial charge in [0.1, 0.15) is 11.8 Å². The minimum Gasteiger partial charge on any atom is -0.496 e. The molecular formula is C21H17ClN4O2. The molecule has 1 atom stereocenters. The van der Waals surface area contributed by atoms with E-state index in [1.165, 1.54) is 7.11 Å². The number of hydrogen-bond donors (Lipinski definition) is 0. The Kier molecular flexibility index (Phi) is 4.76. The first-order valence-electron chi connectivity index (χ1n) is 8.72. The number of aromatic nitrogens is 2. The number of nitrogens with zero attached hydrogens (tertiary/aromatic N) is 4. The summed E-state index contributed by atoms with van der Waals surface area (Å²) >= 11 is 5.97. The fourth-order valence-electron chi connectivity index (χ4n) is 3.49. The van der Waals surface area contributed by atoms with Crippen LogP contribution in [0, 0.1) is 11.3 Å². The lowest BCUT2D eigenvalue weighted by molar-refractivity contribution is -0.136. The largest absolute Gasteiger partial charge is 0.496 e. The Balaban J connectivity index is 1.74. The average Bonchev–Trinajstić information content (AvgIpc) is 3.18. The van der Waals surface area contributed by atoms with Crippen molar-refractivity contribution in [2.45, 2.75) is 19.1 Å². The molecule has 1 amide bonds. The smallest absolute Gasteiger partial charge is 0.251 e. The molecule has 0 fully saturated rings. The predicted octanol–water partition coefficient (Wildman–Crippen LogP) is 3.55. The number of methoxy groups -OCH3 is 1. The van der Waals surface area contributed by atoms with E-state index in [4.69, 9.17) is 21.6 Å². The maximum absolute atomic E-state index is 13.4. The van der Waals surface area contributed by atoms with Crippen LogP contribution in [0.4, 0.5) is 0 Å². The molecule has 0 N–H and O–H groups in total. The van der Waals surface area contributed by atoms with Gasteiger partial charge in [-0.1, -0.05) is 29.8 Å². The van der Waals surface area contributed by atoms with E-state index in [9.17, 15) is 4.79 Å². The standard InChI is InChI=1S/C21H17ClN4O2/c1-28-19-8-15(9-23)4-7-18(19)20-21(27)25(12-17-10-24-13-26(17)20)11-14-2-5-16(22)6-3-14/h2-8,10,13,20H,11-12H2,1H3. The molecule has 2 heterocycles. The van der Waals surface area contributed by atoms with Gasteiger partial charge in [0.15, 0.2) is 0 Å². The first kappa shape index (κ1) is 18.1. The molecule has 1 aromatic heterocycles. The summed E-state index contributed by atoms with van der Waals surface area (Å²) in [6.07, 6.45) is 3.43. The maximum Gasteiger partial charge on any atom is 0.251 e. The third kappa shape index (κ3) is 3.21. The monoisotopic (exact) mass is 392 g/mol. The summed E-state index contributed by atoms with van der Waals surface area (Å²) in [4.78, 5) is 19.4. The van der Waals surface area contributed by atoms with Gasteiger partial charge in [-0.2, -0.15) is 5.26 Å². The van der Waals surface area contributed by atoms with Crippen LogP contribution in [-0.4, -0.2) is 27.5 Å². The van der Waals surface area contributed by atoms with Crippen molar-refractivity contribution >= 4 is 17.5 Å². The first-order valence-corrected chi connectivity index (χ1v) is 9.10. The topological polar surface area (TPSA) is 71.2 Å². The summed E-state index contributed by atoms with van der Waals surface area (Å²) in [6, 6.07) is 14.1. The molecule has 2 aromatic carbocycles. The Hall–Kier alpha value is -3.30. The Morgan fingerprint density at radius 1 is 1.29 bits per heavy atom. The lowest BCUT2D eigenvalue weighted by Crippen LogP contribution is -2.42. The second-order valence-corrected chi connectivity index (χ2v) is 7.02. The molecule has 140 valence electrons. The second-order valence-electron chi connectivity index (χ2n) is 6.58. The average molecular weight is 393 g/mol. The predicted molar refractivity (Wildman–Crippen MR) is 104 cm³/mol. The second kappa shape index (κ2) is 7.37. The molecular weight excluding hydrogens is 376 g/mol. The van der Waals surface area contributed by atoms with Gasteiger partial charge >= 0.3 is 0 Å². The highest BCUT2D eigenvalue weighted by Crippen LogP contribution is 2.35. The van der Waals surface area contributed by atoms with Crippen LogP contribution in [0.1, 0.15) is 28.4 Å². The molecule has 1 aliphatic rings. The van der Waals surface area contributed by atoms with Crippen LogP contribution in [0.25, 0.3) is 0 Å². The number of halogens is 1. The molecule has 0 spiro atoms. The van der Waals surface area contributed by atoms with Crippen molar-refractivity contribution in [1.82, 2.24) is 14.5 Å². The number of carbonyl (C=O) groups excluding carboxylic acids is 1. The van der Waals surface area contributed by atoms with Crippen LogP contribution < -0.4 is 4.74 Å². The summed E-state index contributed by atoms with van der Waals surface area (Å²) in [6.45, 7) is 0.937. The van der Waals surface area contributed by atoms with Gasteiger partial charge in [0.25, 0.3) is 5.91 Å². The van der Waals surface area contributed by atoms with Crippen molar-refractivity contribution in [3.63, 3.8) is 0 Å². The normalized spacial score (nSPS) is 15.8. The van der Waals surface area contributed by atoms with Gasteiger partial charge in [-0.3, -0.25) is 4.79 Å². The number of benzene rings is 2. The van der Waals surface area contributed by atoms with Gasteiger partial charge in [-0.05, 0) is 29.8 Å². The zero-order valence-electron chi connectivity index (χ0n) is 15.2. The SMILES string of the molecule is COc1cc(C#N)ccc1C1C(=O)N(Cc2ccc(Cl)cc2)Cc2cncn21. The summed E-state index contributed by atoms with van der Waals surface area (Å²) in [5, 5.41) is 9.82. The summed E-state index contributed by atoms with van der Waals surface area (Å²) in [5.41, 5.74) is 3.11. The molecule has 4 rings (SSSR count). The number of rotatable bonds is 4. The van der Waals surface area contributed by atoms with Gasteiger partial charge in [-0.25, -0.2) is 4.98 Å². The van der Waals surface area contributed by atoms with Crippen LogP contribution >= 0.6 is 11.6 Å². The number of amides is 1. The molecule has 0 radical (unpaired) electrons. The zero-order chi connectivity index (χ0) is 19.7. The highest BCUT2D eigenvalue weighted by atomic mass is 35.5. The van der Waals surface area contributed by atoms with Crippen LogP contribution in [0.5, 0.6) is 5.75 Å². The van der Waals surface area contributed by atoms with E-state index in [0.717, 1.165) is 11.3 Å². The Bertz CT molecular complexity index is 1070. The molecule has 6 nitrogen and oxygen atoms in total. The highest BCUT2D eigenvalue weighted by Gasteiger charge is 2.35. The number of hydrogen-bond acceptors (Lipinski definition) is 4. The van der Waals surface area contributed by atoms with E-state index in [1.807, 2.05) is 28.8 Å². The summed E-state index contributed by atoms with van der Waals surface area (Å²) < 4.78 is 7.34. The van der Waals surface area contributed by atoms with Gasteiger partial charge < -0.3 is 14.2 Å². The van der Waals surface area contributed by atoms with Crippen molar-refractivity contribution < 1.29 is 9.53 Å². The highest BCUT2D eigenvalue weighted by molar-refractivity contribution is 6.30. The number of fused-ring (bicyclic) bond motifs is 1. The Morgan fingerprint density at radius 2 is 2.07 bits per heavy atom. The molecule has 28 heavy (non-hydrogen) atoms. The molecule has 0 saturated heterocycles. The van der Waals surface area contributed by atoms with E-state index >= 15 is 0 Å². The van der Waals surface area contributed by atoms with Crippen molar-refractivity contribution in [3.05, 3.63) is 82.4 Å². The number of nitriles is 1. The van der Waals surface area contributed by atoms with Crippen molar-refractivity contribution in [2.75, 3.05) is 7.11 Å². The molecule has 0 bridgehead atoms. The number of imidazole rings is 1. The van der Waals surface area contributed by atoms with Crippen LogP contribution in [-0.2, 0) is 17.9 Å². The molecule has 1 aliphatic heterocycles. The first-order chi connectivity index (χ1) is 13.6. The van der Waals surface area contributed by atoms with Crippen molar-refractivity contribution in [1.29, 1.82) is 5.26 Å². The van der Waals surface area contributed by atoms with Gasteiger partial charge in [0.05, 0.1) is 37.3 Å². The third-order valence-electron chi connectivity index (χ3n) is 4.87. The third-order valence-corrected chi connectivity index (χ3v) is 5.12. The van der Waals surface area contributed by atoms with Crippen molar-refractivity contribution in [2.24, 2.45) is 0 Å². The molecule has 1 unspecified atom stereocenters. The van der Waals surface area contributed by atoms with Crippen LogP contribution in [0.3, 0.4) is 0 Å². The minimum absolute atomic E-state index is 0.0524.